The van der Waals surface area contributed by atoms with Crippen molar-refractivity contribution < 1.29 is 0 Å². The molecule has 0 radical (unpaired) electrons. The van der Waals surface area contributed by atoms with Gasteiger partial charge in [-0.05, 0) is 0 Å². The number of hydrogen-bond donors (Lipinski definition) is 0. The van der Waals surface area contributed by atoms with E-state index in [2.05, 4.69) is 41.4 Å². The molecule has 0 bridgehead atoms. The second-order valence-corrected chi connectivity index (χ2v) is 3.71. The Morgan fingerprint density at radius 1 is 1.27 bits per heavy atom. The van der Waals surface area contributed by atoms with Crippen molar-refractivity contribution >= 4 is 25.8 Å². The van der Waals surface area contributed by atoms with E-state index >= 15 is 0 Å². The Morgan fingerprint density at radius 2 is 2.00 bits per heavy atom. The summed E-state index contributed by atoms with van der Waals surface area (Å²) >= 11 is 0.778. The summed E-state index contributed by atoms with van der Waals surface area (Å²) in [6.07, 6.45) is 0. The zero-order valence-electron chi connectivity index (χ0n) is 6.81. The standard InChI is InChI=1S/C10H9.Tl/c1-4-10-6-5-8(2)7-9(10)3;/h5-7H,2-3H3;. The molecule has 1 aromatic rings. The summed E-state index contributed by atoms with van der Waals surface area (Å²) in [4.78, 5) is 0. The maximum absolute atomic E-state index is 3.13. The molecule has 0 heterocycles. The van der Waals surface area contributed by atoms with Crippen LogP contribution in [-0.2, 0) is 0 Å². The minimum absolute atomic E-state index is 0.778. The fourth-order valence-corrected chi connectivity index (χ4v) is 1.64. The average Bonchev–Trinajstić information content (AvgIpc) is 1.95. The van der Waals surface area contributed by atoms with Gasteiger partial charge in [0.25, 0.3) is 0 Å². The third-order valence-electron chi connectivity index (χ3n) is 1.59. The van der Waals surface area contributed by atoms with Crippen LogP contribution in [0.5, 0.6) is 0 Å². The van der Waals surface area contributed by atoms with Gasteiger partial charge in [0, 0.05) is 0 Å². The molecule has 0 aromatic heterocycles. The van der Waals surface area contributed by atoms with Crippen LogP contribution in [-0.4, -0.2) is 25.8 Å². The number of hydrogen-bond acceptors (Lipinski definition) is 0. The van der Waals surface area contributed by atoms with Crippen molar-refractivity contribution in [3.63, 3.8) is 0 Å². The Morgan fingerprint density at radius 3 is 2.55 bits per heavy atom. The van der Waals surface area contributed by atoms with Gasteiger partial charge in [-0.15, -0.1) is 0 Å². The van der Waals surface area contributed by atoms with Crippen molar-refractivity contribution in [2.45, 2.75) is 13.8 Å². The molecule has 0 spiro atoms. The van der Waals surface area contributed by atoms with Crippen molar-refractivity contribution in [2.75, 3.05) is 0 Å². The van der Waals surface area contributed by atoms with E-state index in [1.165, 1.54) is 16.7 Å². The quantitative estimate of drug-likeness (QED) is 0.501. The molecule has 0 aliphatic rings. The molecule has 1 rings (SSSR count). The Labute approximate surface area is 83.7 Å². The van der Waals surface area contributed by atoms with Gasteiger partial charge in [0.05, 0.1) is 0 Å². The van der Waals surface area contributed by atoms with Crippen LogP contribution >= 0.6 is 0 Å². The monoisotopic (exact) mass is 334 g/mol. The van der Waals surface area contributed by atoms with E-state index in [1.54, 1.807) is 0 Å². The van der Waals surface area contributed by atoms with Gasteiger partial charge in [-0.2, -0.15) is 0 Å². The fraction of sp³-hybridized carbons (Fsp3) is 0.200. The van der Waals surface area contributed by atoms with Crippen LogP contribution in [0.1, 0.15) is 16.7 Å². The molecule has 0 N–H and O–H groups in total. The van der Waals surface area contributed by atoms with E-state index in [1.807, 2.05) is 0 Å². The summed E-state index contributed by atoms with van der Waals surface area (Å²) in [6, 6.07) is 6.38. The van der Waals surface area contributed by atoms with E-state index in [0.29, 0.717) is 0 Å². The third-order valence-corrected chi connectivity index (χ3v) is 2.15. The van der Waals surface area contributed by atoms with Crippen LogP contribution in [0, 0.1) is 23.2 Å². The van der Waals surface area contributed by atoms with Crippen LogP contribution in [0.4, 0.5) is 0 Å². The van der Waals surface area contributed by atoms with Crippen molar-refractivity contribution in [1.29, 1.82) is 0 Å². The van der Waals surface area contributed by atoms with Gasteiger partial charge < -0.3 is 0 Å². The zero-order valence-corrected chi connectivity index (χ0v) is 11.3. The van der Waals surface area contributed by atoms with Gasteiger partial charge >= 0.3 is 83.9 Å². The van der Waals surface area contributed by atoms with E-state index in [4.69, 9.17) is 0 Å². The first kappa shape index (κ1) is 8.80. The number of benzene rings is 1. The molecule has 0 saturated carbocycles. The molecule has 0 saturated heterocycles. The predicted octanol–water partition coefficient (Wildman–Crippen LogP) is 1.78. The summed E-state index contributed by atoms with van der Waals surface area (Å²) in [5, 5.41) is 0. The Bertz CT molecular complexity index is 315. The zero-order chi connectivity index (χ0) is 8.27. The summed E-state index contributed by atoms with van der Waals surface area (Å²) < 4.78 is 3.06. The number of aryl methyl sites for hydroxylation is 2. The fourth-order valence-electron chi connectivity index (χ4n) is 1.03. The Kier molecular flexibility index (Phi) is 3.13. The van der Waals surface area contributed by atoms with Crippen molar-refractivity contribution in [3.8, 4) is 9.40 Å². The topological polar surface area (TPSA) is 0 Å². The summed E-state index contributed by atoms with van der Waals surface area (Å²) in [6.45, 7) is 4.21. The van der Waals surface area contributed by atoms with Gasteiger partial charge in [-0.25, -0.2) is 0 Å². The molecule has 0 nitrogen and oxygen atoms in total. The molecule has 52 valence electrons. The minimum atomic E-state index is 0.778. The molecule has 1 heteroatoms. The van der Waals surface area contributed by atoms with Crippen LogP contribution in [0.25, 0.3) is 0 Å². The van der Waals surface area contributed by atoms with E-state index in [0.717, 1.165) is 25.8 Å². The van der Waals surface area contributed by atoms with Gasteiger partial charge in [-0.3, -0.25) is 0 Å². The Balaban J connectivity index is 3.16. The first-order valence-corrected chi connectivity index (χ1v) is 5.77. The maximum atomic E-state index is 3.13. The van der Waals surface area contributed by atoms with Gasteiger partial charge in [0.1, 0.15) is 0 Å². The molecule has 1 aromatic carbocycles. The molecule has 0 atom stereocenters. The molecule has 0 fully saturated rings. The van der Waals surface area contributed by atoms with Gasteiger partial charge in [0.2, 0.25) is 0 Å². The average molecular weight is 334 g/mol. The molecule has 0 unspecified atom stereocenters. The summed E-state index contributed by atoms with van der Waals surface area (Å²) in [5.41, 5.74) is 3.78. The number of rotatable bonds is 0. The van der Waals surface area contributed by atoms with Crippen LogP contribution < -0.4 is 0 Å². The first-order chi connectivity index (χ1) is 5.24. The first-order valence-electron chi connectivity index (χ1n) is 3.53. The molecular formula is C10H9Tl. The third kappa shape index (κ3) is 2.33. The van der Waals surface area contributed by atoms with Gasteiger partial charge in [0.15, 0.2) is 0 Å². The summed E-state index contributed by atoms with van der Waals surface area (Å²) in [7, 11) is 0. The second-order valence-electron chi connectivity index (χ2n) is 2.59. The molecule has 0 aliphatic heterocycles. The van der Waals surface area contributed by atoms with Crippen LogP contribution in [0.15, 0.2) is 18.2 Å². The molecular weight excluding hydrogens is 324 g/mol. The summed E-state index contributed by atoms with van der Waals surface area (Å²) in [5.74, 6) is 3.13. The van der Waals surface area contributed by atoms with E-state index < -0.39 is 0 Å². The van der Waals surface area contributed by atoms with Crippen molar-refractivity contribution in [3.05, 3.63) is 34.9 Å². The van der Waals surface area contributed by atoms with E-state index in [9.17, 15) is 0 Å². The van der Waals surface area contributed by atoms with Gasteiger partial charge in [-0.1, -0.05) is 0 Å². The Hall–Kier alpha value is -0.298. The molecule has 11 heavy (non-hydrogen) atoms. The van der Waals surface area contributed by atoms with Crippen molar-refractivity contribution in [1.82, 2.24) is 0 Å². The normalized spacial score (nSPS) is 8.45. The van der Waals surface area contributed by atoms with Crippen molar-refractivity contribution in [2.24, 2.45) is 0 Å². The molecule has 0 aliphatic carbocycles. The van der Waals surface area contributed by atoms with Crippen LogP contribution in [0.2, 0.25) is 0 Å². The second kappa shape index (κ2) is 3.91. The predicted molar refractivity (Wildman–Crippen MR) is 48.5 cm³/mol. The van der Waals surface area contributed by atoms with E-state index in [-0.39, 0.29) is 0 Å². The molecule has 0 amide bonds. The van der Waals surface area contributed by atoms with Crippen LogP contribution in [0.3, 0.4) is 0 Å². The SMILES string of the molecule is Cc1ccc(C#[C][Tl])c(C)c1.